The van der Waals surface area contributed by atoms with Gasteiger partial charge in [-0.1, -0.05) is 30.3 Å². The first kappa shape index (κ1) is 23.6. The molecule has 4 rings (SSSR count). The van der Waals surface area contributed by atoms with Crippen LogP contribution in [0.2, 0.25) is 0 Å². The van der Waals surface area contributed by atoms with Crippen LogP contribution >= 0.6 is 0 Å². The number of benzene rings is 2. The van der Waals surface area contributed by atoms with Crippen molar-refractivity contribution in [1.29, 1.82) is 0 Å². The average molecular weight is 474 g/mol. The molecule has 0 bridgehead atoms. The minimum absolute atomic E-state index is 0.0542. The van der Waals surface area contributed by atoms with E-state index in [-0.39, 0.29) is 43.4 Å². The normalized spacial score (nSPS) is 21.1. The highest BCUT2D eigenvalue weighted by molar-refractivity contribution is 5.94. The molecule has 7 nitrogen and oxygen atoms in total. The number of urea groups is 1. The van der Waals surface area contributed by atoms with Crippen LogP contribution in [0.1, 0.15) is 33.8 Å². The van der Waals surface area contributed by atoms with Gasteiger partial charge in [0.1, 0.15) is 6.54 Å². The number of alkyl halides is 3. The molecule has 10 heteroatoms. The van der Waals surface area contributed by atoms with E-state index in [4.69, 9.17) is 0 Å². The topological polar surface area (TPSA) is 81.8 Å². The van der Waals surface area contributed by atoms with E-state index in [2.05, 4.69) is 10.6 Å². The van der Waals surface area contributed by atoms with Gasteiger partial charge in [0.15, 0.2) is 0 Å². The Morgan fingerprint density at radius 2 is 1.68 bits per heavy atom. The lowest BCUT2D eigenvalue weighted by Crippen LogP contribution is -2.58. The summed E-state index contributed by atoms with van der Waals surface area (Å²) in [6.07, 6.45) is -3.97. The van der Waals surface area contributed by atoms with Crippen molar-refractivity contribution in [2.24, 2.45) is 0 Å². The maximum atomic E-state index is 13.2. The van der Waals surface area contributed by atoms with Crippen molar-refractivity contribution in [2.75, 3.05) is 32.7 Å². The monoisotopic (exact) mass is 474 g/mol. The number of piperazine rings is 1. The molecule has 0 aromatic heterocycles. The highest BCUT2D eigenvalue weighted by Crippen LogP contribution is 2.33. The van der Waals surface area contributed by atoms with Gasteiger partial charge >= 0.3 is 12.2 Å². The number of nitrogens with zero attached hydrogens (tertiary/aromatic N) is 2. The van der Waals surface area contributed by atoms with Crippen LogP contribution in [0.15, 0.2) is 54.6 Å². The van der Waals surface area contributed by atoms with Gasteiger partial charge in [0.2, 0.25) is 5.91 Å². The predicted octanol–water partition coefficient (Wildman–Crippen LogP) is 2.85. The number of halogens is 3. The molecule has 4 amide bonds. The summed E-state index contributed by atoms with van der Waals surface area (Å²) in [5.41, 5.74) is 0.388. The Morgan fingerprint density at radius 1 is 0.971 bits per heavy atom. The van der Waals surface area contributed by atoms with Crippen LogP contribution in [0, 0.1) is 0 Å². The first-order valence-electron chi connectivity index (χ1n) is 11.0. The number of nitrogens with one attached hydrogen (secondary N) is 2. The van der Waals surface area contributed by atoms with Crippen LogP contribution in [-0.4, -0.2) is 66.4 Å². The highest BCUT2D eigenvalue weighted by Gasteiger charge is 2.36. The molecule has 2 atom stereocenters. The van der Waals surface area contributed by atoms with Crippen LogP contribution < -0.4 is 10.6 Å². The quantitative estimate of drug-likeness (QED) is 0.718. The van der Waals surface area contributed by atoms with E-state index >= 15 is 0 Å². The summed E-state index contributed by atoms with van der Waals surface area (Å²) in [7, 11) is 0. The number of amides is 4. The number of piperidine rings is 1. The molecule has 34 heavy (non-hydrogen) atoms. The zero-order valence-electron chi connectivity index (χ0n) is 18.3. The fraction of sp³-hybridized carbons (Fsp3) is 0.375. The van der Waals surface area contributed by atoms with Gasteiger partial charge in [0, 0.05) is 43.7 Å². The Balaban J connectivity index is 1.54. The fourth-order valence-electron chi connectivity index (χ4n) is 4.41. The van der Waals surface area contributed by atoms with Crippen LogP contribution in [0.25, 0.3) is 0 Å². The smallest absolute Gasteiger partial charge is 0.353 e. The maximum absolute atomic E-state index is 13.2. The molecule has 0 saturated carbocycles. The summed E-state index contributed by atoms with van der Waals surface area (Å²) in [5.74, 6) is -0.812. The zero-order chi connectivity index (χ0) is 24.3. The largest absolute Gasteiger partial charge is 0.416 e. The van der Waals surface area contributed by atoms with Gasteiger partial charge in [-0.3, -0.25) is 9.59 Å². The molecule has 2 aromatic rings. The summed E-state index contributed by atoms with van der Waals surface area (Å²) < 4.78 is 39.0. The molecule has 0 spiro atoms. The molecule has 0 aliphatic carbocycles. The Kier molecular flexibility index (Phi) is 6.76. The first-order valence-corrected chi connectivity index (χ1v) is 11.0. The second kappa shape index (κ2) is 9.74. The number of hydrogen-bond acceptors (Lipinski definition) is 3. The Bertz CT molecular complexity index is 1040. The van der Waals surface area contributed by atoms with E-state index in [0.29, 0.717) is 30.6 Å². The van der Waals surface area contributed by atoms with E-state index < -0.39 is 17.8 Å². The van der Waals surface area contributed by atoms with E-state index in [1.165, 1.54) is 17.0 Å². The number of likely N-dealkylation sites (tertiary alicyclic amines) is 1. The summed E-state index contributed by atoms with van der Waals surface area (Å²) in [4.78, 5) is 40.7. The minimum Gasteiger partial charge on any atom is -0.353 e. The molecule has 2 saturated heterocycles. The standard InChI is InChI=1S/C24H25F3N4O3/c25-24(26,27)19-8-6-16(7-9-19)18-12-20(29-22(33)17-4-2-1-3-5-17)14-31(13-18)23(34)30-11-10-28-21(32)15-30/h1-9,18,20H,10-15H2,(H,28,32)(H,29,33). The van der Waals surface area contributed by atoms with Gasteiger partial charge in [0.25, 0.3) is 5.91 Å². The SMILES string of the molecule is O=C1CN(C(=O)N2CC(NC(=O)c3ccccc3)CC(c3ccc(C(F)(F)F)cc3)C2)CCN1. The second-order valence-electron chi connectivity index (χ2n) is 8.55. The Morgan fingerprint density at radius 3 is 2.32 bits per heavy atom. The lowest BCUT2D eigenvalue weighted by atomic mass is 9.87. The van der Waals surface area contributed by atoms with Gasteiger partial charge in [-0.15, -0.1) is 0 Å². The van der Waals surface area contributed by atoms with Crippen molar-refractivity contribution in [3.8, 4) is 0 Å². The predicted molar refractivity (Wildman–Crippen MR) is 118 cm³/mol. The van der Waals surface area contributed by atoms with Crippen molar-refractivity contribution < 1.29 is 27.6 Å². The minimum atomic E-state index is -4.44. The third-order valence-corrected chi connectivity index (χ3v) is 6.11. The molecule has 2 unspecified atom stereocenters. The van der Waals surface area contributed by atoms with Crippen molar-refractivity contribution >= 4 is 17.8 Å². The molecule has 180 valence electrons. The van der Waals surface area contributed by atoms with E-state index in [9.17, 15) is 27.6 Å². The Labute approximate surface area is 194 Å². The summed E-state index contributed by atoms with van der Waals surface area (Å²) in [6.45, 7) is 1.19. The molecule has 2 fully saturated rings. The van der Waals surface area contributed by atoms with Crippen molar-refractivity contribution in [2.45, 2.75) is 24.6 Å². The molecule has 0 radical (unpaired) electrons. The maximum Gasteiger partial charge on any atom is 0.416 e. The van der Waals surface area contributed by atoms with Crippen molar-refractivity contribution in [3.63, 3.8) is 0 Å². The number of carbonyl (C=O) groups excluding carboxylic acids is 3. The molecular weight excluding hydrogens is 449 g/mol. The summed E-state index contributed by atoms with van der Waals surface area (Å²) in [5, 5.41) is 5.63. The van der Waals surface area contributed by atoms with Gasteiger partial charge in [0.05, 0.1) is 5.56 Å². The highest BCUT2D eigenvalue weighted by atomic mass is 19.4. The lowest BCUT2D eigenvalue weighted by molar-refractivity contribution is -0.137. The fourth-order valence-corrected chi connectivity index (χ4v) is 4.41. The van der Waals surface area contributed by atoms with E-state index in [0.717, 1.165) is 12.1 Å². The van der Waals surface area contributed by atoms with Gasteiger partial charge in [-0.05, 0) is 36.2 Å². The van der Waals surface area contributed by atoms with Gasteiger partial charge in [-0.25, -0.2) is 4.79 Å². The van der Waals surface area contributed by atoms with Crippen LogP contribution in [-0.2, 0) is 11.0 Å². The van der Waals surface area contributed by atoms with Crippen molar-refractivity contribution in [3.05, 3.63) is 71.3 Å². The molecule has 2 heterocycles. The number of carbonyl (C=O) groups is 3. The number of rotatable bonds is 3. The van der Waals surface area contributed by atoms with Crippen LogP contribution in [0.4, 0.5) is 18.0 Å². The molecule has 2 aliphatic heterocycles. The van der Waals surface area contributed by atoms with E-state index in [1.54, 1.807) is 35.2 Å². The third-order valence-electron chi connectivity index (χ3n) is 6.11. The van der Waals surface area contributed by atoms with Gasteiger partial charge in [-0.2, -0.15) is 13.2 Å². The van der Waals surface area contributed by atoms with Crippen LogP contribution in [0.3, 0.4) is 0 Å². The number of hydrogen-bond donors (Lipinski definition) is 2. The lowest BCUT2D eigenvalue weighted by Gasteiger charge is -2.41. The molecule has 2 N–H and O–H groups in total. The average Bonchev–Trinajstić information content (AvgIpc) is 2.83. The van der Waals surface area contributed by atoms with Crippen LogP contribution in [0.5, 0.6) is 0 Å². The molecule has 2 aromatic carbocycles. The van der Waals surface area contributed by atoms with Gasteiger partial charge < -0.3 is 20.4 Å². The molecule has 2 aliphatic rings. The zero-order valence-corrected chi connectivity index (χ0v) is 18.3. The Hall–Kier alpha value is -3.56. The summed E-state index contributed by atoms with van der Waals surface area (Å²) in [6, 6.07) is 12.8. The second-order valence-corrected chi connectivity index (χ2v) is 8.55. The summed E-state index contributed by atoms with van der Waals surface area (Å²) >= 11 is 0. The third kappa shape index (κ3) is 5.49. The van der Waals surface area contributed by atoms with Crippen molar-refractivity contribution in [1.82, 2.24) is 20.4 Å². The van der Waals surface area contributed by atoms with E-state index in [1.807, 2.05) is 0 Å². The first-order chi connectivity index (χ1) is 16.2. The molecular formula is C24H25F3N4O3.